The molecular formula is C25H25F3N6O4. The van der Waals surface area contributed by atoms with Crippen molar-refractivity contribution in [3.63, 3.8) is 0 Å². The number of carboxylic acids is 1. The molecule has 0 spiro atoms. The Morgan fingerprint density at radius 2 is 1.84 bits per heavy atom. The van der Waals surface area contributed by atoms with Crippen LogP contribution in [-0.2, 0) is 4.79 Å². The van der Waals surface area contributed by atoms with Gasteiger partial charge >= 0.3 is 12.0 Å². The molecule has 2 aliphatic heterocycles. The number of carbonyl (C=O) groups is 2. The van der Waals surface area contributed by atoms with E-state index in [1.165, 1.54) is 17.2 Å². The minimum Gasteiger partial charge on any atom is -0.483 e. The van der Waals surface area contributed by atoms with Crippen molar-refractivity contribution in [2.45, 2.75) is 38.8 Å². The van der Waals surface area contributed by atoms with Crippen LogP contribution in [0.2, 0.25) is 0 Å². The third-order valence-corrected chi connectivity index (χ3v) is 6.04. The first-order valence-corrected chi connectivity index (χ1v) is 11.6. The maximum absolute atomic E-state index is 14.4. The standard InChI is InChI=1S/C25H25F3N6O4/c1-13(29)19(8-24(35)36)14(2)32-23-9-22(20(28)10-30-23)38-18-11-33(12-18)25(37)34-21(3-4-31-34)15-5-16(26)7-17(27)6-15/h4-7,9-10,18,21H,3,8,11-12,29H2,1-2H3,(H,35,36). The molecule has 0 aliphatic carbocycles. The molecule has 10 nitrogen and oxygen atoms in total. The number of urea groups is 1. The Morgan fingerprint density at radius 3 is 2.47 bits per heavy atom. The molecule has 1 fully saturated rings. The Kier molecular flexibility index (Phi) is 7.65. The summed E-state index contributed by atoms with van der Waals surface area (Å²) in [6.07, 6.45) is 1.88. The normalized spacial score (nSPS) is 18.3. The van der Waals surface area contributed by atoms with Gasteiger partial charge < -0.3 is 20.5 Å². The fourth-order valence-electron chi connectivity index (χ4n) is 4.14. The third-order valence-electron chi connectivity index (χ3n) is 6.04. The first-order valence-electron chi connectivity index (χ1n) is 11.6. The summed E-state index contributed by atoms with van der Waals surface area (Å²) in [5.74, 6) is -3.35. The number of hydrogen-bond acceptors (Lipinski definition) is 7. The Bertz CT molecular complexity index is 1330. The summed E-state index contributed by atoms with van der Waals surface area (Å²) >= 11 is 0. The summed E-state index contributed by atoms with van der Waals surface area (Å²) in [6.45, 7) is 3.39. The highest BCUT2D eigenvalue weighted by molar-refractivity contribution is 6.03. The van der Waals surface area contributed by atoms with Gasteiger partial charge in [0.15, 0.2) is 17.4 Å². The van der Waals surface area contributed by atoms with Crippen LogP contribution in [0, 0.1) is 17.5 Å². The molecule has 3 N–H and O–H groups in total. The monoisotopic (exact) mass is 530 g/mol. The van der Waals surface area contributed by atoms with Crippen molar-refractivity contribution in [1.29, 1.82) is 0 Å². The third kappa shape index (κ3) is 5.93. The number of nitrogens with two attached hydrogens (primary N) is 1. The van der Waals surface area contributed by atoms with Crippen LogP contribution in [0.4, 0.5) is 23.8 Å². The second kappa shape index (κ2) is 10.9. The number of carboxylic acid groups (broad SMARTS) is 1. The molecule has 1 aromatic carbocycles. The number of carbonyl (C=O) groups excluding carboxylic acids is 1. The van der Waals surface area contributed by atoms with Crippen LogP contribution < -0.4 is 10.5 Å². The molecule has 1 aromatic heterocycles. The molecule has 1 atom stereocenters. The smallest absolute Gasteiger partial charge is 0.341 e. The largest absolute Gasteiger partial charge is 0.483 e. The number of ether oxygens (including phenoxy) is 1. The number of aliphatic imine (C=N–C) groups is 1. The zero-order valence-electron chi connectivity index (χ0n) is 20.6. The average molecular weight is 531 g/mol. The Balaban J connectivity index is 1.40. The van der Waals surface area contributed by atoms with Crippen LogP contribution in [0.5, 0.6) is 5.75 Å². The van der Waals surface area contributed by atoms with Gasteiger partial charge in [-0.3, -0.25) is 4.79 Å². The highest BCUT2D eigenvalue weighted by atomic mass is 19.1. The zero-order chi connectivity index (χ0) is 27.6. The number of amides is 2. The quantitative estimate of drug-likeness (QED) is 0.522. The molecular weight excluding hydrogens is 505 g/mol. The number of aromatic nitrogens is 1. The molecule has 4 rings (SSSR count). The lowest BCUT2D eigenvalue weighted by molar-refractivity contribution is -0.136. The van der Waals surface area contributed by atoms with Crippen molar-refractivity contribution in [2.75, 3.05) is 13.1 Å². The maximum atomic E-state index is 14.4. The number of halogens is 3. The minimum absolute atomic E-state index is 0.0897. The van der Waals surface area contributed by atoms with Gasteiger partial charge in [0.2, 0.25) is 0 Å². The van der Waals surface area contributed by atoms with Gasteiger partial charge in [0.1, 0.15) is 17.7 Å². The van der Waals surface area contributed by atoms with Crippen LogP contribution in [-0.4, -0.2) is 63.1 Å². The molecule has 38 heavy (non-hydrogen) atoms. The molecule has 0 saturated carbocycles. The van der Waals surface area contributed by atoms with Gasteiger partial charge in [0.05, 0.1) is 31.7 Å². The highest BCUT2D eigenvalue weighted by Gasteiger charge is 2.39. The number of benzene rings is 1. The van der Waals surface area contributed by atoms with E-state index >= 15 is 0 Å². The van der Waals surface area contributed by atoms with Crippen molar-refractivity contribution in [1.82, 2.24) is 14.9 Å². The minimum atomic E-state index is -1.08. The number of hydrogen-bond donors (Lipinski definition) is 2. The molecule has 1 saturated heterocycles. The summed E-state index contributed by atoms with van der Waals surface area (Å²) in [5.41, 5.74) is 6.99. The number of pyridine rings is 1. The predicted octanol–water partition coefficient (Wildman–Crippen LogP) is 3.91. The lowest BCUT2D eigenvalue weighted by Crippen LogP contribution is -2.58. The number of aliphatic carboxylic acids is 1. The number of rotatable bonds is 7. The highest BCUT2D eigenvalue weighted by Crippen LogP contribution is 2.32. The van der Waals surface area contributed by atoms with Crippen LogP contribution in [0.1, 0.15) is 38.3 Å². The lowest BCUT2D eigenvalue weighted by atomic mass is 10.0. The summed E-state index contributed by atoms with van der Waals surface area (Å²) in [7, 11) is 0. The van der Waals surface area contributed by atoms with Gasteiger partial charge in [-0.25, -0.2) is 33.0 Å². The molecule has 3 heterocycles. The second-order valence-corrected chi connectivity index (χ2v) is 8.93. The van der Waals surface area contributed by atoms with E-state index in [9.17, 15) is 22.8 Å². The van der Waals surface area contributed by atoms with Crippen molar-refractivity contribution >= 4 is 29.7 Å². The molecule has 200 valence electrons. The predicted molar refractivity (Wildman–Crippen MR) is 132 cm³/mol. The average Bonchev–Trinajstić information content (AvgIpc) is 3.30. The zero-order valence-corrected chi connectivity index (χ0v) is 20.6. The van der Waals surface area contributed by atoms with E-state index in [1.807, 2.05) is 0 Å². The summed E-state index contributed by atoms with van der Waals surface area (Å²) < 4.78 is 47.4. The number of nitrogens with zero attached hydrogens (tertiary/aromatic N) is 5. The van der Waals surface area contributed by atoms with E-state index in [2.05, 4.69) is 15.1 Å². The SMILES string of the molecule is CC(=Nc1cc(OC2CN(C(=O)N3N=CCC3c3cc(F)cc(F)c3)C2)c(F)cn1)C(CC(=O)O)=C(C)N. The molecule has 2 amide bonds. The summed E-state index contributed by atoms with van der Waals surface area (Å²) in [4.78, 5) is 33.6. The van der Waals surface area contributed by atoms with Crippen LogP contribution in [0.3, 0.4) is 0 Å². The van der Waals surface area contributed by atoms with Crippen LogP contribution in [0.15, 0.2) is 51.8 Å². The van der Waals surface area contributed by atoms with Gasteiger partial charge in [-0.05, 0) is 31.5 Å². The van der Waals surface area contributed by atoms with E-state index in [4.69, 9.17) is 15.6 Å². The van der Waals surface area contributed by atoms with Crippen LogP contribution >= 0.6 is 0 Å². The molecule has 2 aromatic rings. The van der Waals surface area contributed by atoms with E-state index in [0.29, 0.717) is 23.4 Å². The fraction of sp³-hybridized carbons (Fsp3) is 0.320. The van der Waals surface area contributed by atoms with E-state index in [0.717, 1.165) is 29.4 Å². The Labute approximate surface area is 215 Å². The van der Waals surface area contributed by atoms with Crippen molar-refractivity contribution in [2.24, 2.45) is 15.8 Å². The van der Waals surface area contributed by atoms with Gasteiger partial charge in [-0.15, -0.1) is 0 Å². The van der Waals surface area contributed by atoms with Crippen molar-refractivity contribution < 1.29 is 32.6 Å². The number of hydrazone groups is 1. The molecule has 0 radical (unpaired) electrons. The van der Waals surface area contributed by atoms with E-state index in [1.54, 1.807) is 13.8 Å². The molecule has 0 bridgehead atoms. The van der Waals surface area contributed by atoms with Gasteiger partial charge in [-0.2, -0.15) is 5.10 Å². The molecule has 13 heteroatoms. The van der Waals surface area contributed by atoms with Gasteiger partial charge in [0.25, 0.3) is 0 Å². The first kappa shape index (κ1) is 26.6. The topological polar surface area (TPSA) is 134 Å². The van der Waals surface area contributed by atoms with Crippen LogP contribution in [0.25, 0.3) is 0 Å². The van der Waals surface area contributed by atoms with Gasteiger partial charge in [0, 0.05) is 41.7 Å². The number of likely N-dealkylation sites (tertiary alicyclic amines) is 1. The fourth-order valence-corrected chi connectivity index (χ4v) is 4.14. The Hall–Kier alpha value is -4.42. The number of allylic oxidation sites excluding steroid dienone is 1. The summed E-state index contributed by atoms with van der Waals surface area (Å²) in [6, 6.07) is 3.23. The second-order valence-electron chi connectivity index (χ2n) is 8.93. The molecule has 1 unspecified atom stereocenters. The van der Waals surface area contributed by atoms with E-state index < -0.39 is 41.6 Å². The maximum Gasteiger partial charge on any atom is 0.341 e. The van der Waals surface area contributed by atoms with Crippen molar-refractivity contribution in [3.8, 4) is 5.75 Å². The Morgan fingerprint density at radius 1 is 1.16 bits per heavy atom. The lowest BCUT2D eigenvalue weighted by Gasteiger charge is -2.41. The molecule has 2 aliphatic rings. The summed E-state index contributed by atoms with van der Waals surface area (Å²) in [5, 5.41) is 14.3. The first-order chi connectivity index (χ1) is 18.0. The van der Waals surface area contributed by atoms with Gasteiger partial charge in [-0.1, -0.05) is 0 Å². The van der Waals surface area contributed by atoms with Crippen molar-refractivity contribution in [3.05, 3.63) is 64.7 Å². The van der Waals surface area contributed by atoms with E-state index in [-0.39, 0.29) is 36.6 Å².